The summed E-state index contributed by atoms with van der Waals surface area (Å²) in [6.07, 6.45) is 0. The number of anilines is 3. The van der Waals surface area contributed by atoms with Gasteiger partial charge in [-0.25, -0.2) is 0 Å². The van der Waals surface area contributed by atoms with Gasteiger partial charge >= 0.3 is 0 Å². The molecule has 4 heterocycles. The van der Waals surface area contributed by atoms with Crippen molar-refractivity contribution in [1.82, 2.24) is 9.13 Å². The molecule has 0 atom stereocenters. The zero-order valence-corrected chi connectivity index (χ0v) is 29.2. The molecule has 242 valence electrons. The van der Waals surface area contributed by atoms with Gasteiger partial charge in [-0.05, 0) is 48.2 Å². The molecule has 0 fully saturated rings. The third kappa shape index (κ3) is 4.07. The van der Waals surface area contributed by atoms with Crippen molar-refractivity contribution < 1.29 is 20.4 Å². The van der Waals surface area contributed by atoms with E-state index in [9.17, 15) is 0 Å². The second-order valence-corrected chi connectivity index (χ2v) is 13.7. The Morgan fingerprint density at radius 2 is 1.22 bits per heavy atom. The molecule has 4 nitrogen and oxygen atoms in total. The summed E-state index contributed by atoms with van der Waals surface area (Å²) in [5, 5.41) is 7.31. The van der Waals surface area contributed by atoms with E-state index in [2.05, 4.69) is 172 Å². The van der Waals surface area contributed by atoms with Gasteiger partial charge in [-0.1, -0.05) is 77.0 Å². The molecule has 6 heteroatoms. The van der Waals surface area contributed by atoms with Crippen molar-refractivity contribution in [2.45, 2.75) is 0 Å². The molecular formula is C44H26N4PdS-4. The monoisotopic (exact) mass is 748 g/mol. The molecule has 7 aromatic carbocycles. The average molecular weight is 749 g/mol. The Hall–Kier alpha value is -5.38. The number of thiophene rings is 1. The van der Waals surface area contributed by atoms with Crippen LogP contribution in [0.4, 0.5) is 17.1 Å². The predicted molar refractivity (Wildman–Crippen MR) is 206 cm³/mol. The molecule has 0 saturated carbocycles. The van der Waals surface area contributed by atoms with Gasteiger partial charge in [0.05, 0.1) is 0 Å². The molecule has 50 heavy (non-hydrogen) atoms. The summed E-state index contributed by atoms with van der Waals surface area (Å²) in [5.74, 6) is 0. The van der Waals surface area contributed by atoms with Crippen molar-refractivity contribution in [3.05, 3.63) is 158 Å². The quantitative estimate of drug-likeness (QED) is 0.132. The molecule has 10 aromatic rings. The Morgan fingerprint density at radius 3 is 2.08 bits per heavy atom. The second-order valence-electron chi connectivity index (χ2n) is 12.7. The standard InChI is InChI=1S/C44H26N4S.Pd/c1-45-27-46(38-17-9-8-16-37(38)45)29-19-21-32-31-13-5-7-15-36(31)47(39(32)25-29)30-20-22-33-34-23-24-42-43(35-14-6-10-18-41(35)49-42)44(34)48(40(33)26-30)28-11-3-2-4-12-28;/h2-11,13-24,27H,1H3;/q-4;. The van der Waals surface area contributed by atoms with E-state index >= 15 is 0 Å². The third-order valence-electron chi connectivity index (χ3n) is 9.97. The predicted octanol–water partition coefficient (Wildman–Crippen LogP) is 11.4. The number of aromatic nitrogens is 2. The third-order valence-corrected chi connectivity index (χ3v) is 11.1. The van der Waals surface area contributed by atoms with Crippen molar-refractivity contribution in [3.8, 4) is 11.4 Å². The number of fused-ring (bicyclic) bond motifs is 11. The summed E-state index contributed by atoms with van der Waals surface area (Å²) in [4.78, 5) is 4.39. The summed E-state index contributed by atoms with van der Waals surface area (Å²) in [7, 11) is 2.09. The van der Waals surface area contributed by atoms with Crippen LogP contribution in [0.1, 0.15) is 0 Å². The van der Waals surface area contributed by atoms with Gasteiger partial charge in [0.2, 0.25) is 0 Å². The molecule has 0 saturated heterocycles. The first-order valence-electron chi connectivity index (χ1n) is 16.4. The van der Waals surface area contributed by atoms with E-state index in [4.69, 9.17) is 0 Å². The normalized spacial score (nSPS) is 13.0. The van der Waals surface area contributed by atoms with Crippen LogP contribution in [0.25, 0.3) is 75.2 Å². The molecule has 0 aliphatic carbocycles. The first kappa shape index (κ1) is 29.5. The summed E-state index contributed by atoms with van der Waals surface area (Å²) in [6, 6.07) is 58.9. The smallest absolute Gasteiger partial charge is 0.0469 e. The first-order valence-corrected chi connectivity index (χ1v) is 17.2. The zero-order chi connectivity index (χ0) is 32.2. The number of hydrogen-bond donors (Lipinski definition) is 0. The molecule has 0 unspecified atom stereocenters. The number of benzene rings is 7. The van der Waals surface area contributed by atoms with E-state index in [1.165, 1.54) is 47.5 Å². The average Bonchev–Trinajstić information content (AvgIpc) is 3.89. The fourth-order valence-corrected chi connectivity index (χ4v) is 8.96. The minimum absolute atomic E-state index is 0. The number of rotatable bonds is 3. The molecule has 1 aliphatic rings. The van der Waals surface area contributed by atoms with Gasteiger partial charge in [-0.15, -0.1) is 58.1 Å². The fraction of sp³-hybridized carbons (Fsp3) is 0.0227. The minimum Gasteiger partial charge on any atom is -0.504 e. The molecule has 3 aromatic heterocycles. The van der Waals surface area contributed by atoms with E-state index in [-0.39, 0.29) is 20.4 Å². The van der Waals surface area contributed by atoms with Crippen LogP contribution < -0.4 is 9.80 Å². The Labute approximate surface area is 306 Å². The molecule has 0 radical (unpaired) electrons. The molecular weight excluding hydrogens is 723 g/mol. The van der Waals surface area contributed by atoms with E-state index in [0.29, 0.717) is 0 Å². The van der Waals surface area contributed by atoms with Gasteiger partial charge in [-0.3, -0.25) is 0 Å². The minimum atomic E-state index is 0. The van der Waals surface area contributed by atoms with E-state index in [1.54, 1.807) is 0 Å². The Balaban J connectivity index is 0.00000316. The van der Waals surface area contributed by atoms with Gasteiger partial charge in [0.1, 0.15) is 0 Å². The molecule has 11 rings (SSSR count). The van der Waals surface area contributed by atoms with Gasteiger partial charge in [0, 0.05) is 63.0 Å². The maximum absolute atomic E-state index is 3.95. The maximum atomic E-state index is 3.95. The van der Waals surface area contributed by atoms with Gasteiger partial charge in [0.25, 0.3) is 0 Å². The van der Waals surface area contributed by atoms with E-state index in [0.717, 1.165) is 44.7 Å². The number of para-hydroxylation sites is 4. The SMILES string of the molecule is CN1[CH-]N(c2[c-]c3c(cc2)c2ccccc2n3-c2[c-]c3c(cc2)c2ccc4sc5ccccc5c4c2n3-c2[c-]cccc2)c2ccccc21.[Pd]. The van der Waals surface area contributed by atoms with Crippen LogP contribution in [0.3, 0.4) is 0 Å². The Kier molecular flexibility index (Phi) is 6.54. The van der Waals surface area contributed by atoms with Crippen molar-refractivity contribution in [2.24, 2.45) is 0 Å². The number of nitrogens with zero attached hydrogens (tertiary/aromatic N) is 4. The van der Waals surface area contributed by atoms with E-state index in [1.807, 2.05) is 23.5 Å². The van der Waals surface area contributed by atoms with Crippen molar-refractivity contribution in [3.63, 3.8) is 0 Å². The largest absolute Gasteiger partial charge is 0.504 e. The molecule has 1 aliphatic heterocycles. The summed E-state index contributed by atoms with van der Waals surface area (Å²) in [6.45, 7) is 2.14. The Bertz CT molecular complexity index is 2950. The molecule has 0 amide bonds. The van der Waals surface area contributed by atoms with Gasteiger partial charge < -0.3 is 18.9 Å². The molecule has 0 spiro atoms. The van der Waals surface area contributed by atoms with Crippen LogP contribution in [0.5, 0.6) is 0 Å². The molecule has 0 bridgehead atoms. The van der Waals surface area contributed by atoms with Crippen LogP contribution in [0.2, 0.25) is 0 Å². The van der Waals surface area contributed by atoms with Crippen molar-refractivity contribution >= 4 is 92.2 Å². The van der Waals surface area contributed by atoms with Crippen LogP contribution in [0, 0.1) is 24.9 Å². The van der Waals surface area contributed by atoms with Gasteiger partial charge in [-0.2, -0.15) is 43.1 Å². The van der Waals surface area contributed by atoms with Crippen molar-refractivity contribution in [1.29, 1.82) is 0 Å². The zero-order valence-electron chi connectivity index (χ0n) is 26.8. The second kappa shape index (κ2) is 11.1. The van der Waals surface area contributed by atoms with Crippen LogP contribution in [-0.4, -0.2) is 16.2 Å². The maximum Gasteiger partial charge on any atom is 0.0469 e. The van der Waals surface area contributed by atoms with Crippen LogP contribution in [0.15, 0.2) is 133 Å². The summed E-state index contributed by atoms with van der Waals surface area (Å²) >= 11 is 1.85. The van der Waals surface area contributed by atoms with Gasteiger partial charge in [0.15, 0.2) is 0 Å². The van der Waals surface area contributed by atoms with E-state index < -0.39 is 0 Å². The number of hydrogen-bond acceptors (Lipinski definition) is 3. The first-order chi connectivity index (χ1) is 24.2. The van der Waals surface area contributed by atoms with Crippen LogP contribution in [-0.2, 0) is 20.4 Å². The fourth-order valence-electron chi connectivity index (χ4n) is 7.85. The molecule has 0 N–H and O–H groups in total. The Morgan fingerprint density at radius 1 is 0.540 bits per heavy atom. The van der Waals surface area contributed by atoms with Crippen molar-refractivity contribution in [2.75, 3.05) is 16.8 Å². The summed E-state index contributed by atoms with van der Waals surface area (Å²) < 4.78 is 7.27. The van der Waals surface area contributed by atoms with Crippen LogP contribution >= 0.6 is 11.3 Å². The summed E-state index contributed by atoms with van der Waals surface area (Å²) in [5.41, 5.74) is 9.67. The topological polar surface area (TPSA) is 16.3 Å².